The smallest absolute Gasteiger partial charge is 0.260 e. The normalized spacial score (nSPS) is 26.5. The first kappa shape index (κ1) is 21.0. The van der Waals surface area contributed by atoms with Crippen LogP contribution in [-0.2, 0) is 9.59 Å². The van der Waals surface area contributed by atoms with E-state index < -0.39 is 11.8 Å². The van der Waals surface area contributed by atoms with Crippen LogP contribution in [0.1, 0.15) is 69.4 Å². The lowest BCUT2D eigenvalue weighted by Crippen LogP contribution is -2.45. The topological polar surface area (TPSA) is 79.6 Å². The van der Waals surface area contributed by atoms with Crippen molar-refractivity contribution in [2.24, 2.45) is 17.3 Å². The van der Waals surface area contributed by atoms with Gasteiger partial charge in [-0.1, -0.05) is 6.07 Å². The number of rotatable bonds is 4. The molecule has 2 aromatic heterocycles. The van der Waals surface area contributed by atoms with E-state index in [0.717, 1.165) is 62.7 Å². The minimum Gasteiger partial charge on any atom is -0.342 e. The van der Waals surface area contributed by atoms with Crippen molar-refractivity contribution in [1.82, 2.24) is 19.5 Å². The molecular weight excluding hydrogens is 428 g/mol. The zero-order chi connectivity index (χ0) is 22.8. The van der Waals surface area contributed by atoms with Crippen LogP contribution in [-0.4, -0.2) is 50.3 Å². The summed E-state index contributed by atoms with van der Waals surface area (Å²) in [5, 5.41) is 7.41. The summed E-state index contributed by atoms with van der Waals surface area (Å²) in [7, 11) is 0. The van der Waals surface area contributed by atoms with Gasteiger partial charge in [-0.3, -0.25) is 14.9 Å². The van der Waals surface area contributed by atoms with Crippen molar-refractivity contribution in [1.29, 1.82) is 0 Å². The van der Waals surface area contributed by atoms with Gasteiger partial charge in [0.05, 0.1) is 0 Å². The van der Waals surface area contributed by atoms with E-state index in [1.807, 2.05) is 16.6 Å². The molecule has 33 heavy (non-hydrogen) atoms. The Morgan fingerprint density at radius 2 is 1.73 bits per heavy atom. The molecule has 0 aromatic carbocycles. The van der Waals surface area contributed by atoms with E-state index in [-0.39, 0.29) is 29.6 Å². The number of nitrogens with zero attached hydrogens (tertiary/aromatic N) is 4. The van der Waals surface area contributed by atoms with Crippen LogP contribution < -0.4 is 5.32 Å². The third-order valence-electron chi connectivity index (χ3n) is 8.30. The maximum atomic E-state index is 13.3. The molecule has 1 spiro atoms. The fourth-order valence-electron chi connectivity index (χ4n) is 5.77. The van der Waals surface area contributed by atoms with Crippen LogP contribution >= 0.6 is 0 Å². The molecule has 7 nitrogen and oxygen atoms in total. The van der Waals surface area contributed by atoms with Crippen LogP contribution in [0, 0.1) is 17.3 Å². The largest absolute Gasteiger partial charge is 0.342 e. The number of amides is 2. The van der Waals surface area contributed by atoms with E-state index in [1.54, 1.807) is 4.90 Å². The highest BCUT2D eigenvalue weighted by molar-refractivity contribution is 5.92. The number of anilines is 1. The van der Waals surface area contributed by atoms with E-state index in [1.165, 1.54) is 0 Å². The Balaban J connectivity index is 1.09. The summed E-state index contributed by atoms with van der Waals surface area (Å²) >= 11 is 0. The summed E-state index contributed by atoms with van der Waals surface area (Å²) in [5.74, 6) is -3.39. The number of fused-ring (bicyclic) bond motifs is 1. The van der Waals surface area contributed by atoms with E-state index in [4.69, 9.17) is 0 Å². The monoisotopic (exact) mass is 457 g/mol. The molecule has 2 amide bonds. The Hall–Kier alpha value is -2.58. The van der Waals surface area contributed by atoms with Gasteiger partial charge in [-0.25, -0.2) is 13.3 Å². The van der Waals surface area contributed by atoms with E-state index in [9.17, 15) is 18.4 Å². The average molecular weight is 458 g/mol. The minimum absolute atomic E-state index is 0.00212. The maximum absolute atomic E-state index is 13.3. The predicted molar refractivity (Wildman–Crippen MR) is 117 cm³/mol. The minimum atomic E-state index is -2.78. The predicted octanol–water partition coefficient (Wildman–Crippen LogP) is 4.00. The summed E-state index contributed by atoms with van der Waals surface area (Å²) in [6.45, 7) is 1.19. The third-order valence-corrected chi connectivity index (χ3v) is 8.30. The van der Waals surface area contributed by atoms with Crippen LogP contribution in [0.5, 0.6) is 0 Å². The molecule has 9 heteroatoms. The molecular formula is C24H29F2N5O2. The highest BCUT2D eigenvalue weighted by atomic mass is 19.3. The second kappa shape index (κ2) is 7.46. The number of carbonyl (C=O) groups excluding carboxylic acids is 2. The van der Waals surface area contributed by atoms with Crippen molar-refractivity contribution < 1.29 is 18.4 Å². The molecule has 0 bridgehead atoms. The van der Waals surface area contributed by atoms with Crippen molar-refractivity contribution in [3.8, 4) is 0 Å². The molecule has 176 valence electrons. The molecule has 3 heterocycles. The number of likely N-dealkylation sites (tertiary alicyclic amines) is 1. The number of pyridine rings is 1. The van der Waals surface area contributed by atoms with E-state index >= 15 is 0 Å². The Bertz CT molecular complexity index is 1090. The van der Waals surface area contributed by atoms with Crippen LogP contribution in [0.15, 0.2) is 18.2 Å². The molecule has 1 aliphatic heterocycles. The Morgan fingerprint density at radius 3 is 2.36 bits per heavy atom. The quantitative estimate of drug-likeness (QED) is 0.753. The molecule has 3 aliphatic carbocycles. The maximum Gasteiger partial charge on any atom is 0.260 e. The van der Waals surface area contributed by atoms with Crippen LogP contribution in [0.2, 0.25) is 0 Å². The molecule has 2 aromatic rings. The highest BCUT2D eigenvalue weighted by Gasteiger charge is 2.62. The highest BCUT2D eigenvalue weighted by Crippen LogP contribution is 2.52. The summed E-state index contributed by atoms with van der Waals surface area (Å²) in [4.78, 5) is 30.6. The number of piperidine rings is 1. The molecule has 1 unspecified atom stereocenters. The average Bonchev–Trinajstić information content (AvgIpc) is 3.71. The summed E-state index contributed by atoms with van der Waals surface area (Å²) in [6, 6.07) is 5.99. The lowest BCUT2D eigenvalue weighted by molar-refractivity contribution is -0.137. The van der Waals surface area contributed by atoms with Gasteiger partial charge < -0.3 is 4.90 Å². The molecule has 1 atom stereocenters. The third kappa shape index (κ3) is 3.89. The van der Waals surface area contributed by atoms with Gasteiger partial charge >= 0.3 is 0 Å². The van der Waals surface area contributed by atoms with Crippen LogP contribution in [0.25, 0.3) is 5.65 Å². The van der Waals surface area contributed by atoms with Crippen molar-refractivity contribution in [3.05, 3.63) is 23.9 Å². The number of nitrogens with one attached hydrogen (secondary N) is 1. The first-order valence-electron chi connectivity index (χ1n) is 12.2. The number of halogens is 2. The molecule has 1 N–H and O–H groups in total. The van der Waals surface area contributed by atoms with Gasteiger partial charge in [0.1, 0.15) is 5.92 Å². The van der Waals surface area contributed by atoms with Gasteiger partial charge in [-0.05, 0) is 68.9 Å². The number of hydrogen-bond acceptors (Lipinski definition) is 4. The fourth-order valence-corrected chi connectivity index (χ4v) is 5.77. The SMILES string of the molecule is O=C(Nc1nc2cccc(C3CCC4(CC3)CCN(C(=O)C3CC3(F)F)CC4)n2n1)C1CC1. The van der Waals surface area contributed by atoms with E-state index in [0.29, 0.717) is 25.0 Å². The standard InChI is InChI=1S/C24H29F2N5O2/c25-24(26)14-17(24)21(33)30-12-10-23(11-13-30)8-6-15(7-9-23)18-2-1-3-19-27-22(29-31(18)19)28-20(32)16-4-5-16/h1-3,15-17H,4-14H2,(H,28,29,32). The zero-order valence-corrected chi connectivity index (χ0v) is 18.6. The van der Waals surface area contributed by atoms with Crippen LogP contribution in [0.3, 0.4) is 0 Å². The Labute approximate surface area is 190 Å². The second-order valence-electron chi connectivity index (χ2n) is 10.5. The van der Waals surface area contributed by atoms with Gasteiger partial charge in [0, 0.05) is 37.0 Å². The van der Waals surface area contributed by atoms with Crippen molar-refractivity contribution in [2.45, 2.75) is 69.6 Å². The van der Waals surface area contributed by atoms with Gasteiger partial charge in [-0.15, -0.1) is 5.10 Å². The number of carbonyl (C=O) groups is 2. The first-order chi connectivity index (χ1) is 15.8. The lowest BCUT2D eigenvalue weighted by Gasteiger charge is -2.46. The van der Waals surface area contributed by atoms with Crippen molar-refractivity contribution in [2.75, 3.05) is 18.4 Å². The molecule has 6 rings (SSSR count). The first-order valence-corrected chi connectivity index (χ1v) is 12.2. The number of alkyl halides is 2. The molecule has 4 aliphatic rings. The molecule has 1 saturated heterocycles. The molecule has 3 saturated carbocycles. The summed E-state index contributed by atoms with van der Waals surface area (Å²) in [6.07, 6.45) is 7.57. The van der Waals surface area contributed by atoms with Gasteiger partial charge in [0.25, 0.3) is 5.92 Å². The fraction of sp³-hybridized carbons (Fsp3) is 0.667. The van der Waals surface area contributed by atoms with Gasteiger partial charge in [0.15, 0.2) is 5.65 Å². The van der Waals surface area contributed by atoms with Gasteiger partial charge in [0.2, 0.25) is 17.8 Å². The van der Waals surface area contributed by atoms with Gasteiger partial charge in [-0.2, -0.15) is 4.98 Å². The lowest BCUT2D eigenvalue weighted by atomic mass is 9.65. The number of aromatic nitrogens is 3. The summed E-state index contributed by atoms with van der Waals surface area (Å²) < 4.78 is 28.4. The summed E-state index contributed by atoms with van der Waals surface area (Å²) in [5.41, 5.74) is 2.06. The van der Waals surface area contributed by atoms with Crippen LogP contribution in [0.4, 0.5) is 14.7 Å². The van der Waals surface area contributed by atoms with Crippen molar-refractivity contribution >= 4 is 23.4 Å². The Kier molecular flexibility index (Phi) is 4.75. The Morgan fingerprint density at radius 1 is 1.03 bits per heavy atom. The molecule has 4 fully saturated rings. The number of hydrogen-bond donors (Lipinski definition) is 1. The van der Waals surface area contributed by atoms with Crippen molar-refractivity contribution in [3.63, 3.8) is 0 Å². The van der Waals surface area contributed by atoms with E-state index in [2.05, 4.69) is 21.5 Å². The molecule has 0 radical (unpaired) electrons. The zero-order valence-electron chi connectivity index (χ0n) is 18.6. The second-order valence-corrected chi connectivity index (χ2v) is 10.5.